The first-order valence-electron chi connectivity index (χ1n) is 6.76. The van der Waals surface area contributed by atoms with Crippen LogP contribution in [-0.4, -0.2) is 23.2 Å². The number of halogens is 1. The van der Waals surface area contributed by atoms with Gasteiger partial charge < -0.3 is 21.1 Å². The Bertz CT molecular complexity index is 662. The lowest BCUT2D eigenvalue weighted by Crippen LogP contribution is -2.22. The minimum absolute atomic E-state index is 0.00248. The van der Waals surface area contributed by atoms with Crippen molar-refractivity contribution in [2.75, 3.05) is 13.1 Å². The van der Waals surface area contributed by atoms with Crippen LogP contribution in [0.2, 0.25) is 0 Å². The highest BCUT2D eigenvalue weighted by Gasteiger charge is 2.18. The predicted molar refractivity (Wildman–Crippen MR) is 76.9 cm³/mol. The molecule has 0 spiro atoms. The Kier molecular flexibility index (Phi) is 3.56. The molecule has 2 heterocycles. The fourth-order valence-electron chi connectivity index (χ4n) is 2.76. The van der Waals surface area contributed by atoms with Crippen molar-refractivity contribution < 1.29 is 9.50 Å². The first-order chi connectivity index (χ1) is 9.74. The van der Waals surface area contributed by atoms with Crippen LogP contribution >= 0.6 is 0 Å². The average Bonchev–Trinajstić information content (AvgIpc) is 2.86. The normalized spacial score (nSPS) is 17.2. The molecule has 0 saturated carbocycles. The van der Waals surface area contributed by atoms with Crippen LogP contribution < -0.4 is 11.1 Å². The highest BCUT2D eigenvalue weighted by molar-refractivity contribution is 5.85. The van der Waals surface area contributed by atoms with Crippen LogP contribution in [-0.2, 0) is 13.0 Å². The van der Waals surface area contributed by atoms with Crippen molar-refractivity contribution in [1.82, 2.24) is 10.3 Å². The number of nitrogens with one attached hydrogen (secondary N) is 2. The maximum atomic E-state index is 12.7. The zero-order valence-electron chi connectivity index (χ0n) is 11.1. The molecule has 5 N–H and O–H groups in total. The fourth-order valence-corrected chi connectivity index (χ4v) is 2.76. The Labute approximate surface area is 116 Å². The number of aromatic amines is 1. The van der Waals surface area contributed by atoms with Crippen LogP contribution in [0.25, 0.3) is 10.9 Å². The number of H-pyrrole nitrogens is 1. The Morgan fingerprint density at radius 1 is 1.50 bits per heavy atom. The molecule has 1 aromatic carbocycles. The molecule has 20 heavy (non-hydrogen) atoms. The molecule has 1 aromatic heterocycles. The van der Waals surface area contributed by atoms with Gasteiger partial charge in [0.1, 0.15) is 6.10 Å². The van der Waals surface area contributed by atoms with Crippen molar-refractivity contribution in [3.05, 3.63) is 46.9 Å². The SMILES string of the molecule is NC/C(=C/F)C(O)c1ccc2[nH]c3c(c2c1)CNCC3. The topological polar surface area (TPSA) is 74.1 Å². The summed E-state index contributed by atoms with van der Waals surface area (Å²) in [4.78, 5) is 3.40. The van der Waals surface area contributed by atoms with Gasteiger partial charge in [-0.15, -0.1) is 0 Å². The summed E-state index contributed by atoms with van der Waals surface area (Å²) < 4.78 is 12.7. The molecule has 4 nitrogen and oxygen atoms in total. The van der Waals surface area contributed by atoms with Crippen molar-refractivity contribution >= 4 is 10.9 Å². The summed E-state index contributed by atoms with van der Waals surface area (Å²) in [5.41, 5.74) is 9.82. The third-order valence-corrected chi connectivity index (χ3v) is 3.91. The lowest BCUT2D eigenvalue weighted by molar-refractivity contribution is 0.212. The summed E-state index contributed by atoms with van der Waals surface area (Å²) in [6.45, 7) is 1.79. The van der Waals surface area contributed by atoms with E-state index in [4.69, 9.17) is 5.73 Å². The van der Waals surface area contributed by atoms with E-state index < -0.39 is 6.10 Å². The van der Waals surface area contributed by atoms with Gasteiger partial charge in [-0.1, -0.05) is 6.07 Å². The maximum absolute atomic E-state index is 12.7. The van der Waals surface area contributed by atoms with E-state index in [1.165, 1.54) is 11.3 Å². The summed E-state index contributed by atoms with van der Waals surface area (Å²) in [7, 11) is 0. The maximum Gasteiger partial charge on any atom is 0.104 e. The Morgan fingerprint density at radius 2 is 2.35 bits per heavy atom. The molecule has 0 amide bonds. The molecule has 1 atom stereocenters. The van der Waals surface area contributed by atoms with E-state index in [2.05, 4.69) is 10.3 Å². The highest BCUT2D eigenvalue weighted by Crippen LogP contribution is 2.29. The molecule has 3 rings (SSSR count). The van der Waals surface area contributed by atoms with Crippen LogP contribution in [0.4, 0.5) is 4.39 Å². The molecule has 5 heteroatoms. The number of aliphatic hydroxyl groups is 1. The van der Waals surface area contributed by atoms with Crippen molar-refractivity contribution in [3.63, 3.8) is 0 Å². The first-order valence-corrected chi connectivity index (χ1v) is 6.76. The van der Waals surface area contributed by atoms with Gasteiger partial charge in [-0.2, -0.15) is 0 Å². The van der Waals surface area contributed by atoms with E-state index in [1.54, 1.807) is 0 Å². The molecule has 0 fully saturated rings. The van der Waals surface area contributed by atoms with E-state index in [1.807, 2.05) is 18.2 Å². The minimum Gasteiger partial charge on any atom is -0.384 e. The average molecular weight is 275 g/mol. The second-order valence-electron chi connectivity index (χ2n) is 5.10. The van der Waals surface area contributed by atoms with Gasteiger partial charge in [-0.05, 0) is 23.3 Å². The third-order valence-electron chi connectivity index (χ3n) is 3.91. The zero-order chi connectivity index (χ0) is 14.1. The van der Waals surface area contributed by atoms with Gasteiger partial charge in [0.15, 0.2) is 0 Å². The van der Waals surface area contributed by atoms with Gasteiger partial charge in [0, 0.05) is 48.2 Å². The number of aromatic nitrogens is 1. The minimum atomic E-state index is -0.989. The van der Waals surface area contributed by atoms with Crippen LogP contribution in [0.3, 0.4) is 0 Å². The number of aliphatic hydroxyl groups excluding tert-OH is 1. The monoisotopic (exact) mass is 275 g/mol. The predicted octanol–water partition coefficient (Wildman–Crippen LogP) is 1.66. The Balaban J connectivity index is 2.06. The quantitative estimate of drug-likeness (QED) is 0.688. The Hall–Kier alpha value is -1.69. The van der Waals surface area contributed by atoms with E-state index in [9.17, 15) is 9.50 Å². The molecule has 1 aliphatic heterocycles. The van der Waals surface area contributed by atoms with Crippen LogP contribution in [0.1, 0.15) is 22.9 Å². The molecule has 0 bridgehead atoms. The van der Waals surface area contributed by atoms with Crippen molar-refractivity contribution in [2.45, 2.75) is 19.1 Å². The first kappa shape index (κ1) is 13.3. The molecule has 0 radical (unpaired) electrons. The van der Waals surface area contributed by atoms with E-state index in [0.29, 0.717) is 11.9 Å². The number of benzene rings is 1. The summed E-state index contributed by atoms with van der Waals surface area (Å²) in [6.07, 6.45) is 0.375. The zero-order valence-corrected chi connectivity index (χ0v) is 11.1. The summed E-state index contributed by atoms with van der Waals surface area (Å²) in [6, 6.07) is 5.65. The number of nitrogens with two attached hydrogens (primary N) is 1. The lowest BCUT2D eigenvalue weighted by Gasteiger charge is -2.14. The number of hydrogen-bond donors (Lipinski definition) is 4. The molecular formula is C15H18FN3O. The van der Waals surface area contributed by atoms with Gasteiger partial charge in [0.05, 0.1) is 6.33 Å². The third kappa shape index (κ3) is 2.14. The summed E-state index contributed by atoms with van der Waals surface area (Å²) in [5, 5.41) is 14.6. The molecule has 106 valence electrons. The van der Waals surface area contributed by atoms with Crippen LogP contribution in [0, 0.1) is 0 Å². The van der Waals surface area contributed by atoms with Gasteiger partial charge in [0.2, 0.25) is 0 Å². The van der Waals surface area contributed by atoms with Crippen LogP contribution in [0.5, 0.6) is 0 Å². The summed E-state index contributed by atoms with van der Waals surface area (Å²) in [5.74, 6) is 0. The van der Waals surface area contributed by atoms with E-state index >= 15 is 0 Å². The fraction of sp³-hybridized carbons (Fsp3) is 0.333. The van der Waals surface area contributed by atoms with Crippen molar-refractivity contribution in [2.24, 2.45) is 5.73 Å². The van der Waals surface area contributed by atoms with Gasteiger partial charge in [0.25, 0.3) is 0 Å². The van der Waals surface area contributed by atoms with Gasteiger partial charge in [-0.25, -0.2) is 4.39 Å². The smallest absolute Gasteiger partial charge is 0.104 e. The number of rotatable bonds is 3. The summed E-state index contributed by atoms with van der Waals surface area (Å²) >= 11 is 0. The second kappa shape index (κ2) is 5.36. The number of hydrogen-bond acceptors (Lipinski definition) is 3. The largest absolute Gasteiger partial charge is 0.384 e. The van der Waals surface area contributed by atoms with Crippen molar-refractivity contribution in [1.29, 1.82) is 0 Å². The molecule has 0 saturated heterocycles. The highest BCUT2D eigenvalue weighted by atomic mass is 19.1. The van der Waals surface area contributed by atoms with Gasteiger partial charge >= 0.3 is 0 Å². The van der Waals surface area contributed by atoms with E-state index in [0.717, 1.165) is 30.4 Å². The lowest BCUT2D eigenvalue weighted by atomic mass is 9.99. The molecule has 0 aliphatic carbocycles. The standard InChI is InChI=1S/C15H18FN3O/c16-6-10(7-17)15(20)9-1-2-13-11(5-9)12-8-18-4-3-14(12)19-13/h1-2,5-6,15,18-20H,3-4,7-8,17H2/b10-6-. The molecule has 1 aliphatic rings. The second-order valence-corrected chi connectivity index (χ2v) is 5.10. The number of fused-ring (bicyclic) bond motifs is 3. The molecule has 2 aromatic rings. The molecular weight excluding hydrogens is 257 g/mol. The van der Waals surface area contributed by atoms with Crippen LogP contribution in [0.15, 0.2) is 30.1 Å². The van der Waals surface area contributed by atoms with Gasteiger partial charge in [-0.3, -0.25) is 0 Å². The van der Waals surface area contributed by atoms with Crippen molar-refractivity contribution in [3.8, 4) is 0 Å². The van der Waals surface area contributed by atoms with E-state index in [-0.39, 0.29) is 12.1 Å². The molecule has 1 unspecified atom stereocenters. The Morgan fingerprint density at radius 3 is 3.10 bits per heavy atom.